The molecule has 1 N–H and O–H groups in total. The van der Waals surface area contributed by atoms with Crippen LogP contribution in [-0.4, -0.2) is 18.3 Å². The van der Waals surface area contributed by atoms with Gasteiger partial charge in [-0.05, 0) is 30.5 Å². The second-order valence-corrected chi connectivity index (χ2v) is 5.45. The quantitative estimate of drug-likeness (QED) is 0.722. The summed E-state index contributed by atoms with van der Waals surface area (Å²) in [7, 11) is 0. The van der Waals surface area contributed by atoms with Crippen LogP contribution >= 0.6 is 0 Å². The Hall–Kier alpha value is -3.14. The lowest BCUT2D eigenvalue weighted by Crippen LogP contribution is -2.20. The minimum absolute atomic E-state index is 0.0434. The molecule has 0 aliphatic carbocycles. The topological polar surface area (TPSA) is 55.4 Å². The van der Waals surface area contributed by atoms with Gasteiger partial charge in [0.2, 0.25) is 0 Å². The van der Waals surface area contributed by atoms with Crippen molar-refractivity contribution in [2.24, 2.45) is 0 Å². The van der Waals surface area contributed by atoms with Gasteiger partial charge in [0.25, 0.3) is 5.91 Å². The number of fused-ring (bicyclic) bond motifs is 1. The minimum atomic E-state index is -0.274. The Bertz CT molecular complexity index is 897. The number of carbonyl (C=O) groups is 2. The number of ketones is 1. The molecule has 0 radical (unpaired) electrons. The highest BCUT2D eigenvalue weighted by atomic mass is 16.5. The minimum Gasteiger partial charge on any atom is -0.483 e. The van der Waals surface area contributed by atoms with E-state index in [4.69, 9.17) is 4.74 Å². The third kappa shape index (κ3) is 3.60. The van der Waals surface area contributed by atoms with Crippen molar-refractivity contribution in [1.82, 2.24) is 0 Å². The van der Waals surface area contributed by atoms with Crippen molar-refractivity contribution in [2.75, 3.05) is 11.9 Å². The van der Waals surface area contributed by atoms with Gasteiger partial charge >= 0.3 is 0 Å². The molecule has 0 bridgehead atoms. The number of Topliss-reactive ketones (excluding diaryl/α,β-unsaturated/α-hetero) is 1. The standard InChI is InChI=1S/C20H17NO3/c1-14(22)16-8-4-9-17(12-16)21-20(23)13-24-19-11-5-7-15-6-2-3-10-18(15)19/h2-12H,13H2,1H3,(H,21,23). The van der Waals surface area contributed by atoms with Crippen molar-refractivity contribution in [1.29, 1.82) is 0 Å². The zero-order chi connectivity index (χ0) is 16.9. The molecule has 0 unspecified atom stereocenters. The predicted molar refractivity (Wildman–Crippen MR) is 94.5 cm³/mol. The molecule has 3 aromatic carbocycles. The Kier molecular flexibility index (Phi) is 4.57. The zero-order valence-corrected chi connectivity index (χ0v) is 13.3. The summed E-state index contributed by atoms with van der Waals surface area (Å²) < 4.78 is 5.65. The maximum Gasteiger partial charge on any atom is 0.262 e. The highest BCUT2D eigenvalue weighted by Crippen LogP contribution is 2.25. The number of ether oxygens (including phenoxy) is 1. The molecule has 0 heterocycles. The second kappa shape index (κ2) is 6.96. The Labute approximate surface area is 140 Å². The Morgan fingerprint density at radius 3 is 2.54 bits per heavy atom. The van der Waals surface area contributed by atoms with Crippen LogP contribution in [0.1, 0.15) is 17.3 Å². The number of amides is 1. The molecule has 4 heteroatoms. The lowest BCUT2D eigenvalue weighted by molar-refractivity contribution is -0.118. The number of nitrogens with one attached hydrogen (secondary N) is 1. The fourth-order valence-corrected chi connectivity index (χ4v) is 2.48. The molecule has 0 aliphatic heterocycles. The van der Waals surface area contributed by atoms with Gasteiger partial charge in [-0.3, -0.25) is 9.59 Å². The third-order valence-corrected chi connectivity index (χ3v) is 3.66. The monoisotopic (exact) mass is 319 g/mol. The van der Waals surface area contributed by atoms with Gasteiger partial charge < -0.3 is 10.1 Å². The predicted octanol–water partition coefficient (Wildman–Crippen LogP) is 4.06. The van der Waals surface area contributed by atoms with E-state index in [9.17, 15) is 9.59 Å². The number of hydrogen-bond donors (Lipinski definition) is 1. The van der Waals surface area contributed by atoms with Crippen LogP contribution in [0.4, 0.5) is 5.69 Å². The molecule has 0 saturated carbocycles. The highest BCUT2D eigenvalue weighted by Gasteiger charge is 2.07. The molecule has 1 amide bonds. The lowest BCUT2D eigenvalue weighted by Gasteiger charge is -2.10. The van der Waals surface area contributed by atoms with Crippen LogP contribution in [0, 0.1) is 0 Å². The first kappa shape index (κ1) is 15.7. The molecule has 0 saturated heterocycles. The van der Waals surface area contributed by atoms with E-state index in [1.807, 2.05) is 42.5 Å². The third-order valence-electron chi connectivity index (χ3n) is 3.66. The van der Waals surface area contributed by atoms with E-state index in [1.54, 1.807) is 24.3 Å². The van der Waals surface area contributed by atoms with Gasteiger partial charge in [-0.25, -0.2) is 0 Å². The first-order chi connectivity index (χ1) is 11.6. The fraction of sp³-hybridized carbons (Fsp3) is 0.100. The van der Waals surface area contributed by atoms with Gasteiger partial charge in [0.05, 0.1) is 0 Å². The van der Waals surface area contributed by atoms with Crippen LogP contribution in [0.5, 0.6) is 5.75 Å². The molecule has 0 aromatic heterocycles. The zero-order valence-electron chi connectivity index (χ0n) is 13.3. The van der Waals surface area contributed by atoms with Crippen LogP contribution in [0.2, 0.25) is 0 Å². The summed E-state index contributed by atoms with van der Waals surface area (Å²) in [5.41, 5.74) is 1.14. The van der Waals surface area contributed by atoms with Crippen LogP contribution in [0.15, 0.2) is 66.7 Å². The van der Waals surface area contributed by atoms with Crippen molar-refractivity contribution in [3.8, 4) is 5.75 Å². The number of carbonyl (C=O) groups excluding carboxylic acids is 2. The summed E-state index contributed by atoms with van der Waals surface area (Å²) in [5, 5.41) is 4.76. The average Bonchev–Trinajstić information content (AvgIpc) is 2.60. The molecule has 120 valence electrons. The van der Waals surface area contributed by atoms with E-state index in [2.05, 4.69) is 5.32 Å². The second-order valence-electron chi connectivity index (χ2n) is 5.45. The first-order valence-electron chi connectivity index (χ1n) is 7.65. The van der Waals surface area contributed by atoms with Gasteiger partial charge in [-0.1, -0.05) is 48.5 Å². The van der Waals surface area contributed by atoms with Gasteiger partial charge in [0, 0.05) is 16.6 Å². The number of hydrogen-bond acceptors (Lipinski definition) is 3. The van der Waals surface area contributed by atoms with Gasteiger partial charge in [-0.15, -0.1) is 0 Å². The lowest BCUT2D eigenvalue weighted by atomic mass is 10.1. The molecular weight excluding hydrogens is 302 g/mol. The smallest absolute Gasteiger partial charge is 0.262 e. The Morgan fingerprint density at radius 2 is 1.71 bits per heavy atom. The number of anilines is 1. The summed E-state index contributed by atoms with van der Waals surface area (Å²) in [6, 6.07) is 20.4. The van der Waals surface area contributed by atoms with Crippen molar-refractivity contribution < 1.29 is 14.3 Å². The van der Waals surface area contributed by atoms with Crippen molar-refractivity contribution in [3.05, 3.63) is 72.3 Å². The molecule has 4 nitrogen and oxygen atoms in total. The first-order valence-corrected chi connectivity index (χ1v) is 7.65. The molecule has 3 aromatic rings. The largest absolute Gasteiger partial charge is 0.483 e. The normalized spacial score (nSPS) is 10.4. The number of benzene rings is 3. The van der Waals surface area contributed by atoms with E-state index in [-0.39, 0.29) is 18.3 Å². The van der Waals surface area contributed by atoms with E-state index in [1.165, 1.54) is 6.92 Å². The summed E-state index contributed by atoms with van der Waals surface area (Å²) in [5.74, 6) is 0.350. The number of rotatable bonds is 5. The van der Waals surface area contributed by atoms with E-state index in [0.29, 0.717) is 17.0 Å². The summed E-state index contributed by atoms with van der Waals surface area (Å²) in [6.45, 7) is 1.39. The summed E-state index contributed by atoms with van der Waals surface area (Å²) in [6.07, 6.45) is 0. The Balaban J connectivity index is 1.67. The van der Waals surface area contributed by atoms with E-state index >= 15 is 0 Å². The maximum atomic E-state index is 12.1. The van der Waals surface area contributed by atoms with Crippen LogP contribution in [-0.2, 0) is 4.79 Å². The SMILES string of the molecule is CC(=O)c1cccc(NC(=O)COc2cccc3ccccc23)c1. The van der Waals surface area contributed by atoms with Crippen LogP contribution in [0.3, 0.4) is 0 Å². The van der Waals surface area contributed by atoms with Crippen LogP contribution in [0.25, 0.3) is 10.8 Å². The van der Waals surface area contributed by atoms with Gasteiger partial charge in [0.1, 0.15) is 5.75 Å². The maximum absolute atomic E-state index is 12.1. The van der Waals surface area contributed by atoms with E-state index in [0.717, 1.165) is 10.8 Å². The fourth-order valence-electron chi connectivity index (χ4n) is 2.48. The van der Waals surface area contributed by atoms with Crippen molar-refractivity contribution >= 4 is 28.2 Å². The average molecular weight is 319 g/mol. The van der Waals surface area contributed by atoms with Crippen LogP contribution < -0.4 is 10.1 Å². The van der Waals surface area contributed by atoms with Gasteiger partial charge in [0.15, 0.2) is 12.4 Å². The molecule has 3 rings (SSSR count). The molecular formula is C20H17NO3. The van der Waals surface area contributed by atoms with Crippen molar-refractivity contribution in [2.45, 2.75) is 6.92 Å². The molecule has 24 heavy (non-hydrogen) atoms. The highest BCUT2D eigenvalue weighted by molar-refractivity contribution is 5.97. The summed E-state index contributed by atoms with van der Waals surface area (Å²) >= 11 is 0. The Morgan fingerprint density at radius 1 is 0.958 bits per heavy atom. The molecule has 0 fully saturated rings. The van der Waals surface area contributed by atoms with Crippen molar-refractivity contribution in [3.63, 3.8) is 0 Å². The molecule has 0 atom stereocenters. The molecule has 0 aliphatic rings. The summed E-state index contributed by atoms with van der Waals surface area (Å²) in [4.78, 5) is 23.5. The molecule has 0 spiro atoms. The van der Waals surface area contributed by atoms with E-state index < -0.39 is 0 Å². The van der Waals surface area contributed by atoms with Gasteiger partial charge in [-0.2, -0.15) is 0 Å².